The molecule has 1 amide bonds. The molecule has 1 aromatic heterocycles. The van der Waals surface area contributed by atoms with Gasteiger partial charge in [-0.25, -0.2) is 0 Å². The lowest BCUT2D eigenvalue weighted by Crippen LogP contribution is -2.11. The average molecular weight is 401 g/mol. The number of aromatic nitrogens is 1. The molecule has 0 saturated carbocycles. The second kappa shape index (κ2) is 8.62. The third kappa shape index (κ3) is 3.65. The molecule has 0 radical (unpaired) electrons. The maximum atomic E-state index is 12.2. The van der Waals surface area contributed by atoms with Crippen molar-refractivity contribution in [1.29, 1.82) is 0 Å². The van der Waals surface area contributed by atoms with Gasteiger partial charge in [0.1, 0.15) is 5.75 Å². The highest BCUT2D eigenvalue weighted by Crippen LogP contribution is 2.34. The Bertz CT molecular complexity index is 1210. The van der Waals surface area contributed by atoms with Crippen molar-refractivity contribution in [3.63, 3.8) is 0 Å². The summed E-state index contributed by atoms with van der Waals surface area (Å²) in [5.41, 5.74) is 10.9. The summed E-state index contributed by atoms with van der Waals surface area (Å²) >= 11 is 0. The number of carbonyl (C=O) groups is 1. The summed E-state index contributed by atoms with van der Waals surface area (Å²) in [7, 11) is 0. The lowest BCUT2D eigenvalue weighted by atomic mass is 10.0. The molecule has 0 aliphatic heterocycles. The Hall–Kier alpha value is -3.27. The molecule has 4 heteroatoms. The predicted octanol–water partition coefficient (Wildman–Crippen LogP) is 5.68. The molecule has 4 nitrogen and oxygen atoms in total. The standard InChI is InChI=1S/C26H28N2O2/c1-3-5-9-18-14-15-20-23(16-18)28(17-19-10-6-7-13-24(19)30-4-2)22-12-8-11-21(25(20)22)26(27)29/h6-8,10-16H,3-5,9,17H2,1-2H3,(H2,27,29). The molecule has 0 aliphatic rings. The fourth-order valence-corrected chi connectivity index (χ4v) is 4.20. The normalized spacial score (nSPS) is 11.3. The zero-order valence-corrected chi connectivity index (χ0v) is 17.7. The van der Waals surface area contributed by atoms with Crippen molar-refractivity contribution in [2.45, 2.75) is 39.7 Å². The van der Waals surface area contributed by atoms with Gasteiger partial charge in [0, 0.05) is 27.4 Å². The predicted molar refractivity (Wildman–Crippen MR) is 123 cm³/mol. The van der Waals surface area contributed by atoms with E-state index in [9.17, 15) is 4.79 Å². The highest BCUT2D eigenvalue weighted by molar-refractivity contribution is 6.18. The minimum absolute atomic E-state index is 0.399. The van der Waals surface area contributed by atoms with E-state index >= 15 is 0 Å². The number of para-hydroxylation sites is 1. The molecular formula is C26H28N2O2. The van der Waals surface area contributed by atoms with E-state index in [0.717, 1.165) is 52.4 Å². The monoisotopic (exact) mass is 400 g/mol. The summed E-state index contributed by atoms with van der Waals surface area (Å²) in [4.78, 5) is 12.2. The number of nitrogens with two attached hydrogens (primary N) is 1. The fraction of sp³-hybridized carbons (Fsp3) is 0.269. The van der Waals surface area contributed by atoms with Gasteiger partial charge in [-0.05, 0) is 49.6 Å². The molecule has 30 heavy (non-hydrogen) atoms. The van der Waals surface area contributed by atoms with Crippen molar-refractivity contribution in [2.24, 2.45) is 5.73 Å². The van der Waals surface area contributed by atoms with Gasteiger partial charge >= 0.3 is 0 Å². The molecule has 3 aromatic carbocycles. The van der Waals surface area contributed by atoms with Gasteiger partial charge in [0.05, 0.1) is 18.7 Å². The van der Waals surface area contributed by atoms with Crippen molar-refractivity contribution in [3.8, 4) is 5.75 Å². The number of primary amides is 1. The Morgan fingerprint density at radius 1 is 1.00 bits per heavy atom. The summed E-state index contributed by atoms with van der Waals surface area (Å²) in [5, 5.41) is 1.99. The molecule has 154 valence electrons. The van der Waals surface area contributed by atoms with E-state index < -0.39 is 5.91 Å². The fourth-order valence-electron chi connectivity index (χ4n) is 4.20. The molecule has 1 heterocycles. The van der Waals surface area contributed by atoms with Crippen LogP contribution in [0.3, 0.4) is 0 Å². The average Bonchev–Trinajstić information content (AvgIpc) is 3.07. The number of benzene rings is 3. The first-order valence-electron chi connectivity index (χ1n) is 10.7. The van der Waals surface area contributed by atoms with Gasteiger partial charge in [-0.3, -0.25) is 4.79 Å². The van der Waals surface area contributed by atoms with Crippen LogP contribution >= 0.6 is 0 Å². The van der Waals surface area contributed by atoms with E-state index in [0.29, 0.717) is 18.7 Å². The lowest BCUT2D eigenvalue weighted by molar-refractivity contribution is 0.100. The van der Waals surface area contributed by atoms with E-state index in [1.165, 1.54) is 5.56 Å². The van der Waals surface area contributed by atoms with Crippen LogP contribution in [0.2, 0.25) is 0 Å². The molecule has 4 rings (SSSR count). The first-order valence-corrected chi connectivity index (χ1v) is 10.7. The maximum absolute atomic E-state index is 12.2. The molecule has 0 spiro atoms. The van der Waals surface area contributed by atoms with Crippen molar-refractivity contribution in [3.05, 3.63) is 77.4 Å². The number of ether oxygens (including phenoxy) is 1. The number of nitrogens with zero attached hydrogens (tertiary/aromatic N) is 1. The van der Waals surface area contributed by atoms with Gasteiger partial charge in [0.15, 0.2) is 0 Å². The molecule has 0 bridgehead atoms. The summed E-state index contributed by atoms with van der Waals surface area (Å²) in [6.45, 7) is 5.49. The van der Waals surface area contributed by atoms with Gasteiger partial charge in [-0.2, -0.15) is 0 Å². The Labute approximate surface area is 177 Å². The smallest absolute Gasteiger partial charge is 0.249 e. The third-order valence-electron chi connectivity index (χ3n) is 5.64. The van der Waals surface area contributed by atoms with E-state index in [-0.39, 0.29) is 0 Å². The van der Waals surface area contributed by atoms with Gasteiger partial charge in [0.25, 0.3) is 0 Å². The van der Waals surface area contributed by atoms with Crippen LogP contribution in [-0.2, 0) is 13.0 Å². The van der Waals surface area contributed by atoms with Gasteiger partial charge in [-0.1, -0.05) is 49.7 Å². The van der Waals surface area contributed by atoms with Crippen molar-refractivity contribution in [2.75, 3.05) is 6.61 Å². The Balaban J connectivity index is 1.96. The highest BCUT2D eigenvalue weighted by Gasteiger charge is 2.17. The first-order chi connectivity index (χ1) is 14.6. The molecule has 0 saturated heterocycles. The van der Waals surface area contributed by atoms with Crippen LogP contribution in [0.1, 0.15) is 48.2 Å². The Morgan fingerprint density at radius 3 is 2.60 bits per heavy atom. The summed E-state index contributed by atoms with van der Waals surface area (Å²) < 4.78 is 8.14. The van der Waals surface area contributed by atoms with Crippen LogP contribution in [0.5, 0.6) is 5.75 Å². The zero-order chi connectivity index (χ0) is 21.1. The number of unbranched alkanes of at least 4 members (excludes halogenated alkanes) is 1. The molecule has 0 aliphatic carbocycles. The number of hydrogen-bond acceptors (Lipinski definition) is 2. The van der Waals surface area contributed by atoms with Crippen LogP contribution < -0.4 is 10.5 Å². The quantitative estimate of drug-likeness (QED) is 0.413. The summed E-state index contributed by atoms with van der Waals surface area (Å²) in [6, 6.07) is 20.5. The molecule has 2 N–H and O–H groups in total. The second-order valence-corrected chi connectivity index (χ2v) is 7.65. The van der Waals surface area contributed by atoms with Crippen molar-refractivity contribution in [1.82, 2.24) is 4.57 Å². The van der Waals surface area contributed by atoms with Crippen LogP contribution in [0.25, 0.3) is 21.8 Å². The maximum Gasteiger partial charge on any atom is 0.249 e. The van der Waals surface area contributed by atoms with E-state index in [1.54, 1.807) is 0 Å². The third-order valence-corrected chi connectivity index (χ3v) is 5.64. The molecule has 0 unspecified atom stereocenters. The van der Waals surface area contributed by atoms with E-state index in [4.69, 9.17) is 10.5 Å². The minimum Gasteiger partial charge on any atom is -0.494 e. The summed E-state index contributed by atoms with van der Waals surface area (Å²) in [5.74, 6) is 0.493. The Morgan fingerprint density at radius 2 is 1.83 bits per heavy atom. The Kier molecular flexibility index (Phi) is 5.75. The topological polar surface area (TPSA) is 57.2 Å². The van der Waals surface area contributed by atoms with Crippen LogP contribution in [-0.4, -0.2) is 17.1 Å². The van der Waals surface area contributed by atoms with Crippen LogP contribution in [0, 0.1) is 0 Å². The number of rotatable bonds is 8. The number of fused-ring (bicyclic) bond motifs is 3. The number of amides is 1. The highest BCUT2D eigenvalue weighted by atomic mass is 16.5. The molecule has 0 fully saturated rings. The summed E-state index contributed by atoms with van der Waals surface area (Å²) in [6.07, 6.45) is 3.37. The van der Waals surface area contributed by atoms with Gasteiger partial charge < -0.3 is 15.0 Å². The SMILES string of the molecule is CCCCc1ccc2c3c(C(N)=O)cccc3n(Cc3ccccc3OCC)c2c1. The minimum atomic E-state index is -0.399. The largest absolute Gasteiger partial charge is 0.494 e. The number of hydrogen-bond donors (Lipinski definition) is 1. The lowest BCUT2D eigenvalue weighted by Gasteiger charge is -2.13. The number of carbonyl (C=O) groups excluding carboxylic acids is 1. The zero-order valence-electron chi connectivity index (χ0n) is 17.7. The van der Waals surface area contributed by atoms with E-state index in [2.05, 4.69) is 41.8 Å². The van der Waals surface area contributed by atoms with E-state index in [1.807, 2.05) is 37.3 Å². The second-order valence-electron chi connectivity index (χ2n) is 7.65. The van der Waals surface area contributed by atoms with Gasteiger partial charge in [0.2, 0.25) is 5.91 Å². The molecule has 0 atom stereocenters. The van der Waals surface area contributed by atoms with Crippen LogP contribution in [0.15, 0.2) is 60.7 Å². The van der Waals surface area contributed by atoms with Gasteiger partial charge in [-0.15, -0.1) is 0 Å². The van der Waals surface area contributed by atoms with Crippen molar-refractivity contribution >= 4 is 27.7 Å². The van der Waals surface area contributed by atoms with Crippen LogP contribution in [0.4, 0.5) is 0 Å². The first kappa shape index (κ1) is 20.0. The van der Waals surface area contributed by atoms with Crippen molar-refractivity contribution < 1.29 is 9.53 Å². The number of aryl methyl sites for hydroxylation is 1. The molecular weight excluding hydrogens is 372 g/mol. The molecule has 4 aromatic rings.